The van der Waals surface area contributed by atoms with E-state index in [1.54, 1.807) is 0 Å². The van der Waals surface area contributed by atoms with Crippen LogP contribution in [0, 0.1) is 0 Å². The van der Waals surface area contributed by atoms with Gasteiger partial charge >= 0.3 is 19.8 Å². The Hall–Kier alpha value is -2.81. The first kappa shape index (κ1) is 87.2. The van der Waals surface area contributed by atoms with Gasteiger partial charge in [0.25, 0.3) is 0 Å². The summed E-state index contributed by atoms with van der Waals surface area (Å²) >= 11 is 0. The first-order valence-electron chi connectivity index (χ1n) is 38.3. The zero-order chi connectivity index (χ0) is 65.5. The van der Waals surface area contributed by atoms with Crippen molar-refractivity contribution in [2.45, 2.75) is 367 Å². The van der Waals surface area contributed by atoms with Crippen molar-refractivity contribution in [2.75, 3.05) is 47.5 Å². The van der Waals surface area contributed by atoms with Crippen LogP contribution in [0.2, 0.25) is 0 Å². The summed E-state index contributed by atoms with van der Waals surface area (Å²) in [5, 5.41) is 0. The van der Waals surface area contributed by atoms with Gasteiger partial charge in [0.15, 0.2) is 6.10 Å². The molecular weight excluding hydrogens is 1130 g/mol. The van der Waals surface area contributed by atoms with Crippen LogP contribution < -0.4 is 0 Å². The van der Waals surface area contributed by atoms with Gasteiger partial charge in [-0.2, -0.15) is 0 Å². The predicted octanol–water partition coefficient (Wildman–Crippen LogP) is 25.3. The summed E-state index contributed by atoms with van der Waals surface area (Å²) in [4.78, 5) is 36.0. The lowest BCUT2D eigenvalue weighted by molar-refractivity contribution is -0.870. The van der Waals surface area contributed by atoms with Gasteiger partial charge in [-0.15, -0.1) is 0 Å². The molecule has 0 bridgehead atoms. The zero-order valence-corrected chi connectivity index (χ0v) is 60.8. The van der Waals surface area contributed by atoms with E-state index in [1.807, 2.05) is 21.1 Å². The predicted molar refractivity (Wildman–Crippen MR) is 390 cm³/mol. The quantitative estimate of drug-likeness (QED) is 0.0211. The highest BCUT2D eigenvalue weighted by Gasteiger charge is 2.27. The summed E-state index contributed by atoms with van der Waals surface area (Å²) in [6, 6.07) is 0. The number of hydrogen-bond acceptors (Lipinski definition) is 7. The number of phosphoric acid groups is 1. The van der Waals surface area contributed by atoms with Crippen molar-refractivity contribution in [1.29, 1.82) is 0 Å². The fourth-order valence-corrected chi connectivity index (χ4v) is 11.8. The maximum Gasteiger partial charge on any atom is 0.472 e. The Bertz CT molecular complexity index is 1800. The van der Waals surface area contributed by atoms with Crippen LogP contribution in [0.15, 0.2) is 85.1 Å². The molecule has 0 aromatic rings. The molecule has 9 nitrogen and oxygen atoms in total. The third-order valence-corrected chi connectivity index (χ3v) is 17.9. The summed E-state index contributed by atoms with van der Waals surface area (Å²) in [5.74, 6) is -0.782. The number of quaternary nitrogens is 1. The van der Waals surface area contributed by atoms with E-state index in [4.69, 9.17) is 18.5 Å². The van der Waals surface area contributed by atoms with E-state index >= 15 is 0 Å². The third kappa shape index (κ3) is 74.2. The van der Waals surface area contributed by atoms with Crippen molar-refractivity contribution in [3.8, 4) is 0 Å². The highest BCUT2D eigenvalue weighted by atomic mass is 31.2. The number of nitrogens with zero attached hydrogens (tertiary/aromatic N) is 1. The maximum absolute atomic E-state index is 12.9. The summed E-state index contributed by atoms with van der Waals surface area (Å²) in [6.45, 7) is 4.36. The van der Waals surface area contributed by atoms with E-state index < -0.39 is 26.5 Å². The number of carbonyl (C=O) groups excluding carboxylic acids is 2. The smallest absolute Gasteiger partial charge is 0.462 e. The first-order chi connectivity index (χ1) is 44.0. The van der Waals surface area contributed by atoms with Gasteiger partial charge in [0.05, 0.1) is 27.7 Å². The lowest BCUT2D eigenvalue weighted by atomic mass is 10.0. The molecular formula is C80H147NO8P+. The number of esters is 2. The maximum atomic E-state index is 12.9. The van der Waals surface area contributed by atoms with Gasteiger partial charge in [-0.3, -0.25) is 18.6 Å². The monoisotopic (exact) mass is 1280 g/mol. The van der Waals surface area contributed by atoms with Crippen LogP contribution in [0.3, 0.4) is 0 Å². The van der Waals surface area contributed by atoms with Crippen molar-refractivity contribution in [3.63, 3.8) is 0 Å². The Morgan fingerprint density at radius 3 is 0.944 bits per heavy atom. The fraction of sp³-hybridized carbons (Fsp3) is 0.800. The van der Waals surface area contributed by atoms with E-state index in [1.165, 1.54) is 257 Å². The molecule has 0 aliphatic carbocycles. The normalized spacial score (nSPS) is 13.5. The van der Waals surface area contributed by atoms with Crippen LogP contribution in [-0.4, -0.2) is 74.9 Å². The van der Waals surface area contributed by atoms with Gasteiger partial charge in [-0.1, -0.05) is 343 Å². The van der Waals surface area contributed by atoms with E-state index in [0.717, 1.165) is 70.6 Å². The standard InChI is InChI=1S/C80H146NO8P/c1-6-8-10-12-14-16-18-20-22-24-26-28-30-32-34-36-37-38-39-40-41-42-43-45-47-49-51-53-55-57-59-61-63-65-67-69-71-73-80(83)89-78(77-88-90(84,85)87-75-74-81(3,4)5)76-86-79(82)72-70-68-66-64-62-60-58-56-54-52-50-48-46-44-35-33-31-29-27-25-23-21-19-17-15-13-11-9-7-2/h8,10,14,16,19-22,25-28,31,33,78H,6-7,9,11-13,15,17-18,23-24,29-30,32,34-77H2,1-5H3/p+1/b10-8-,16-14-,21-19-,22-20-,27-25-,28-26-,33-31-. The summed E-state index contributed by atoms with van der Waals surface area (Å²) in [6.07, 6.45) is 97.2. The summed E-state index contributed by atoms with van der Waals surface area (Å²) in [5.41, 5.74) is 0. The van der Waals surface area contributed by atoms with Crippen LogP contribution in [0.25, 0.3) is 0 Å². The fourth-order valence-electron chi connectivity index (χ4n) is 11.1. The number of phosphoric ester groups is 1. The van der Waals surface area contributed by atoms with E-state index in [-0.39, 0.29) is 32.0 Å². The lowest BCUT2D eigenvalue weighted by Gasteiger charge is -2.24. The minimum absolute atomic E-state index is 0.0318. The molecule has 0 aliphatic rings. The molecule has 0 aliphatic heterocycles. The molecule has 524 valence electrons. The SMILES string of the molecule is CC/C=C\C/C=C\C/C=C\C/C=C\CCCCCCCCCCCCCCCCCCCCCCCCCCC(=O)OC(COC(=O)CCCCCCCCCCCCCCCC/C=C\C/C=C\C/C=C\CCCCCCC)COP(=O)(O)OCC[N+](C)(C)C. The van der Waals surface area contributed by atoms with Gasteiger partial charge in [-0.05, 0) is 89.9 Å². The number of unbranched alkanes of at least 4 members (excludes halogenated alkanes) is 43. The molecule has 0 rings (SSSR count). The largest absolute Gasteiger partial charge is 0.472 e. The van der Waals surface area contributed by atoms with E-state index in [0.29, 0.717) is 17.4 Å². The molecule has 90 heavy (non-hydrogen) atoms. The summed E-state index contributed by atoms with van der Waals surface area (Å²) < 4.78 is 34.8. The van der Waals surface area contributed by atoms with Crippen LogP contribution in [-0.2, 0) is 32.7 Å². The molecule has 0 saturated heterocycles. The Labute approximate surface area is 558 Å². The molecule has 0 saturated carbocycles. The van der Waals surface area contributed by atoms with Crippen molar-refractivity contribution in [2.24, 2.45) is 0 Å². The molecule has 0 amide bonds. The molecule has 2 atom stereocenters. The molecule has 0 heterocycles. The average Bonchev–Trinajstić information content (AvgIpc) is 3.58. The summed E-state index contributed by atoms with van der Waals surface area (Å²) in [7, 11) is 1.49. The molecule has 0 aromatic carbocycles. The van der Waals surface area contributed by atoms with Gasteiger partial charge in [0.1, 0.15) is 19.8 Å². The third-order valence-electron chi connectivity index (χ3n) is 16.9. The molecule has 10 heteroatoms. The molecule has 0 fully saturated rings. The Balaban J connectivity index is 3.95. The van der Waals surface area contributed by atoms with Crippen LogP contribution >= 0.6 is 7.82 Å². The molecule has 2 unspecified atom stereocenters. The second-order valence-corrected chi connectivity index (χ2v) is 28.5. The van der Waals surface area contributed by atoms with Crippen molar-refractivity contribution >= 4 is 19.8 Å². The van der Waals surface area contributed by atoms with Gasteiger partial charge in [0, 0.05) is 12.8 Å². The van der Waals surface area contributed by atoms with Crippen LogP contribution in [0.1, 0.15) is 361 Å². The highest BCUT2D eigenvalue weighted by molar-refractivity contribution is 7.47. The topological polar surface area (TPSA) is 108 Å². The lowest BCUT2D eigenvalue weighted by Crippen LogP contribution is -2.37. The van der Waals surface area contributed by atoms with Gasteiger partial charge < -0.3 is 18.9 Å². The second-order valence-electron chi connectivity index (χ2n) is 27.0. The van der Waals surface area contributed by atoms with Crippen molar-refractivity contribution in [3.05, 3.63) is 85.1 Å². The molecule has 0 spiro atoms. The molecule has 1 N–H and O–H groups in total. The Morgan fingerprint density at radius 1 is 0.356 bits per heavy atom. The number of ether oxygens (including phenoxy) is 2. The minimum Gasteiger partial charge on any atom is -0.462 e. The average molecular weight is 1280 g/mol. The number of likely N-dealkylation sites (N-methyl/N-ethyl adjacent to an activating group) is 1. The van der Waals surface area contributed by atoms with E-state index in [9.17, 15) is 19.0 Å². The van der Waals surface area contributed by atoms with Gasteiger partial charge in [0.2, 0.25) is 0 Å². The van der Waals surface area contributed by atoms with E-state index in [2.05, 4.69) is 98.9 Å². The molecule has 0 radical (unpaired) electrons. The second kappa shape index (κ2) is 70.5. The Kier molecular flexibility index (Phi) is 68.3. The minimum atomic E-state index is -4.40. The number of rotatable bonds is 71. The first-order valence-corrected chi connectivity index (χ1v) is 39.8. The number of carbonyl (C=O) groups is 2. The molecule has 0 aromatic heterocycles. The highest BCUT2D eigenvalue weighted by Crippen LogP contribution is 2.43. The van der Waals surface area contributed by atoms with Crippen molar-refractivity contribution in [1.82, 2.24) is 0 Å². The zero-order valence-electron chi connectivity index (χ0n) is 59.9. The van der Waals surface area contributed by atoms with Crippen molar-refractivity contribution < 1.29 is 42.1 Å². The van der Waals surface area contributed by atoms with Crippen LogP contribution in [0.4, 0.5) is 0 Å². The van der Waals surface area contributed by atoms with Crippen LogP contribution in [0.5, 0.6) is 0 Å². The van der Waals surface area contributed by atoms with Gasteiger partial charge in [-0.25, -0.2) is 4.57 Å². The number of allylic oxidation sites excluding steroid dienone is 14. The Morgan fingerprint density at radius 2 is 0.633 bits per heavy atom. The number of hydrogen-bond donors (Lipinski definition) is 1.